The summed E-state index contributed by atoms with van der Waals surface area (Å²) in [5.74, 6) is 0.0608. The largest absolute Gasteiger partial charge is 0.476 e. The molecular formula is C15H25N3O. The van der Waals surface area contributed by atoms with Crippen molar-refractivity contribution in [3.63, 3.8) is 0 Å². The average Bonchev–Trinajstić information content (AvgIpc) is 2.93. The smallest absolute Gasteiger partial charge is 0.237 e. The zero-order valence-corrected chi connectivity index (χ0v) is 11.3. The van der Waals surface area contributed by atoms with E-state index in [2.05, 4.69) is 9.98 Å². The molecule has 0 saturated heterocycles. The van der Waals surface area contributed by atoms with E-state index in [-0.39, 0.29) is 32.0 Å². The molecule has 0 spiro atoms. The highest BCUT2D eigenvalue weighted by molar-refractivity contribution is 6.46. The van der Waals surface area contributed by atoms with Crippen molar-refractivity contribution in [1.82, 2.24) is 4.90 Å². The van der Waals surface area contributed by atoms with Gasteiger partial charge in [-0.3, -0.25) is 4.99 Å². The minimum atomic E-state index is -2.59. The standard InChI is InChI=1S/C15H25N3O/c1-3-4-5-6-10-19-15-14(16-12-17-15)13-8-7-9-18(2)11-13/h8H,3-7,9-12H2,1-2H3/i2D3,9D2,10D2. The molecule has 0 N–H and O–H groups in total. The Morgan fingerprint density at radius 3 is 3.26 bits per heavy atom. The molecule has 0 fully saturated rings. The second kappa shape index (κ2) is 7.43. The Kier molecular flexibility index (Phi) is 2.96. The molecule has 0 atom stereocenters. The van der Waals surface area contributed by atoms with E-state index in [0.717, 1.165) is 17.7 Å². The Morgan fingerprint density at radius 1 is 1.47 bits per heavy atom. The van der Waals surface area contributed by atoms with Crippen molar-refractivity contribution in [2.75, 3.05) is 33.2 Å². The average molecular weight is 270 g/mol. The number of unbranched alkanes of at least 4 members (excludes halogenated alkanes) is 2. The van der Waals surface area contributed by atoms with Crippen molar-refractivity contribution in [2.45, 2.75) is 39.0 Å². The summed E-state index contributed by atoms with van der Waals surface area (Å²) in [6.07, 6.45) is 4.30. The fourth-order valence-electron chi connectivity index (χ4n) is 1.94. The van der Waals surface area contributed by atoms with Crippen molar-refractivity contribution in [3.8, 4) is 0 Å². The number of rotatable bonds is 6. The quantitative estimate of drug-likeness (QED) is 0.696. The molecule has 19 heavy (non-hydrogen) atoms. The van der Waals surface area contributed by atoms with Gasteiger partial charge in [-0.1, -0.05) is 32.3 Å². The highest BCUT2D eigenvalue weighted by atomic mass is 16.5. The van der Waals surface area contributed by atoms with E-state index in [1.165, 1.54) is 0 Å². The maximum atomic E-state index is 8.00. The molecule has 0 saturated carbocycles. The monoisotopic (exact) mass is 270 g/mol. The predicted molar refractivity (Wildman–Crippen MR) is 80.0 cm³/mol. The van der Waals surface area contributed by atoms with Crippen molar-refractivity contribution < 1.29 is 14.3 Å². The van der Waals surface area contributed by atoms with Gasteiger partial charge in [-0.15, -0.1) is 0 Å². The molecule has 2 aliphatic heterocycles. The van der Waals surface area contributed by atoms with E-state index in [0.29, 0.717) is 17.7 Å². The van der Waals surface area contributed by atoms with E-state index >= 15 is 0 Å². The van der Waals surface area contributed by atoms with Gasteiger partial charge in [0.1, 0.15) is 12.4 Å². The van der Waals surface area contributed by atoms with Crippen LogP contribution >= 0.6 is 0 Å². The Labute approximate surface area is 126 Å². The summed E-state index contributed by atoms with van der Waals surface area (Å²) < 4.78 is 60.0. The first-order valence-corrected chi connectivity index (χ1v) is 6.72. The number of hydrogen-bond acceptors (Lipinski definition) is 4. The summed E-state index contributed by atoms with van der Waals surface area (Å²) in [4.78, 5) is 9.10. The Morgan fingerprint density at radius 2 is 2.42 bits per heavy atom. The fraction of sp³-hybridized carbons (Fsp3) is 0.733. The molecule has 0 unspecified atom stereocenters. The van der Waals surface area contributed by atoms with Crippen LogP contribution in [0.3, 0.4) is 0 Å². The Hall–Kier alpha value is -1.16. The van der Waals surface area contributed by atoms with E-state index in [4.69, 9.17) is 14.3 Å². The summed E-state index contributed by atoms with van der Waals surface area (Å²) in [5.41, 5.74) is 0.811. The second-order valence-corrected chi connectivity index (χ2v) is 4.49. The van der Waals surface area contributed by atoms with Crippen molar-refractivity contribution in [2.24, 2.45) is 9.98 Å². The molecule has 0 bridgehead atoms. The number of nitrogens with zero attached hydrogens (tertiary/aromatic N) is 3. The van der Waals surface area contributed by atoms with Crippen molar-refractivity contribution >= 4 is 11.6 Å². The lowest BCUT2D eigenvalue weighted by Crippen LogP contribution is -2.31. The molecule has 2 rings (SSSR count). The molecule has 0 amide bonds. The van der Waals surface area contributed by atoms with Crippen LogP contribution in [0.15, 0.2) is 21.6 Å². The van der Waals surface area contributed by atoms with Gasteiger partial charge < -0.3 is 9.64 Å². The first-order chi connectivity index (χ1) is 12.0. The lowest BCUT2D eigenvalue weighted by molar-refractivity contribution is 0.298. The van der Waals surface area contributed by atoms with Gasteiger partial charge in [0.25, 0.3) is 0 Å². The van der Waals surface area contributed by atoms with Crippen LogP contribution in [0.25, 0.3) is 0 Å². The van der Waals surface area contributed by atoms with Gasteiger partial charge in [-0.25, -0.2) is 4.99 Å². The summed E-state index contributed by atoms with van der Waals surface area (Å²) in [5, 5.41) is 0. The third kappa shape index (κ3) is 4.16. The van der Waals surface area contributed by atoms with Crippen LogP contribution < -0.4 is 0 Å². The normalized spacial score (nSPS) is 29.5. The maximum Gasteiger partial charge on any atom is 0.237 e. The molecule has 106 valence electrons. The van der Waals surface area contributed by atoms with Crippen LogP contribution in [0, 0.1) is 0 Å². The minimum absolute atomic E-state index is 0.0608. The van der Waals surface area contributed by atoms with Crippen molar-refractivity contribution in [1.29, 1.82) is 0 Å². The highest BCUT2D eigenvalue weighted by Gasteiger charge is 2.22. The van der Waals surface area contributed by atoms with E-state index < -0.39 is 20.0 Å². The number of hydrogen-bond donors (Lipinski definition) is 0. The molecule has 4 heteroatoms. The number of likely N-dealkylation sites (N-methyl/N-ethyl adjacent to an activating group) is 1. The van der Waals surface area contributed by atoms with Crippen LogP contribution in [-0.2, 0) is 4.74 Å². The zero-order chi connectivity index (χ0) is 19.6. The van der Waals surface area contributed by atoms with E-state index in [1.807, 2.05) is 6.92 Å². The first-order valence-electron chi connectivity index (χ1n) is 10.2. The summed E-state index contributed by atoms with van der Waals surface area (Å²) in [6, 6.07) is 0. The SMILES string of the molecule is [2H]C([2H])(CCCCC)OC1=NCN=C1C1=CCC([2H])([2H])N(C([2H])([2H])[2H])C1. The summed E-state index contributed by atoms with van der Waals surface area (Å²) in [6.45, 7) is -4.49. The lowest BCUT2D eigenvalue weighted by atomic mass is 10.1. The second-order valence-electron chi connectivity index (χ2n) is 4.49. The van der Waals surface area contributed by atoms with Gasteiger partial charge in [0.15, 0.2) is 0 Å². The highest BCUT2D eigenvalue weighted by Crippen LogP contribution is 2.14. The molecule has 2 heterocycles. The number of aliphatic imine (C=N–C) groups is 2. The summed E-state index contributed by atoms with van der Waals surface area (Å²) >= 11 is 0. The molecule has 0 aliphatic carbocycles. The summed E-state index contributed by atoms with van der Waals surface area (Å²) in [7, 11) is 0. The van der Waals surface area contributed by atoms with Gasteiger partial charge in [-0.05, 0) is 25.4 Å². The molecular weight excluding hydrogens is 238 g/mol. The number of ether oxygens (including phenoxy) is 1. The van der Waals surface area contributed by atoms with E-state index in [1.54, 1.807) is 6.08 Å². The first kappa shape index (κ1) is 7.58. The molecule has 2 aliphatic rings. The topological polar surface area (TPSA) is 37.2 Å². The van der Waals surface area contributed by atoms with Gasteiger partial charge >= 0.3 is 0 Å². The molecule has 0 radical (unpaired) electrons. The van der Waals surface area contributed by atoms with Crippen LogP contribution in [0.5, 0.6) is 0 Å². The van der Waals surface area contributed by atoms with Crippen LogP contribution in [0.4, 0.5) is 0 Å². The van der Waals surface area contributed by atoms with Gasteiger partial charge in [0, 0.05) is 19.9 Å². The van der Waals surface area contributed by atoms with Crippen molar-refractivity contribution in [3.05, 3.63) is 11.6 Å². The lowest BCUT2D eigenvalue weighted by Gasteiger charge is -2.23. The van der Waals surface area contributed by atoms with Crippen LogP contribution in [0.1, 0.15) is 48.6 Å². The molecule has 0 aromatic rings. The van der Waals surface area contributed by atoms with Crippen LogP contribution in [-0.4, -0.2) is 49.8 Å². The maximum absolute atomic E-state index is 8.00. The van der Waals surface area contributed by atoms with E-state index in [9.17, 15) is 0 Å². The van der Waals surface area contributed by atoms with Gasteiger partial charge in [0.2, 0.25) is 5.90 Å². The zero-order valence-electron chi connectivity index (χ0n) is 18.3. The molecule has 4 nitrogen and oxygen atoms in total. The molecule has 0 aromatic heterocycles. The van der Waals surface area contributed by atoms with Gasteiger partial charge in [0.05, 0.1) is 9.30 Å². The van der Waals surface area contributed by atoms with Crippen LogP contribution in [0.2, 0.25) is 0 Å². The third-order valence-corrected chi connectivity index (χ3v) is 2.96. The predicted octanol–water partition coefficient (Wildman–Crippen LogP) is 2.66. The minimum Gasteiger partial charge on any atom is -0.476 e. The Balaban J connectivity index is 2.11. The van der Waals surface area contributed by atoms with Gasteiger partial charge in [-0.2, -0.15) is 0 Å². The fourth-order valence-corrected chi connectivity index (χ4v) is 1.94. The Bertz CT molecular complexity index is 611. The third-order valence-electron chi connectivity index (χ3n) is 2.96. The molecule has 0 aromatic carbocycles.